The Labute approximate surface area is 202 Å². The highest BCUT2D eigenvalue weighted by molar-refractivity contribution is 8.00. The number of alkyl halides is 3. The fourth-order valence-corrected chi connectivity index (χ4v) is 4.50. The number of anilines is 1. The van der Waals surface area contributed by atoms with Crippen LogP contribution in [-0.2, 0) is 11.2 Å². The molecule has 35 heavy (non-hydrogen) atoms. The number of carbonyl (C=O) groups excluding carboxylic acids is 3. The Morgan fingerprint density at radius 2 is 1.83 bits per heavy atom. The number of halogens is 4. The molecule has 1 unspecified atom stereocenters. The lowest BCUT2D eigenvalue weighted by Gasteiger charge is -2.32. The molecule has 1 aliphatic heterocycles. The Hall–Kier alpha value is -3.48. The van der Waals surface area contributed by atoms with Crippen molar-refractivity contribution in [3.05, 3.63) is 59.4 Å². The smallest absolute Gasteiger partial charge is 0.472 e. The summed E-state index contributed by atoms with van der Waals surface area (Å²) in [4.78, 5) is 37.0. The molecular formula is C22H22F4N4O4S. The van der Waals surface area contributed by atoms with Crippen molar-refractivity contribution in [3.63, 3.8) is 0 Å². The average Bonchev–Trinajstić information content (AvgIpc) is 2.83. The Bertz CT molecular complexity index is 1080. The molecule has 4 amide bonds. The number of hydrazine groups is 1. The quantitative estimate of drug-likeness (QED) is 0.420. The topological polar surface area (TPSA) is 99.8 Å². The van der Waals surface area contributed by atoms with Gasteiger partial charge in [0.15, 0.2) is 0 Å². The van der Waals surface area contributed by atoms with Gasteiger partial charge in [-0.25, -0.2) is 9.18 Å². The first-order valence-electron chi connectivity index (χ1n) is 10.3. The van der Waals surface area contributed by atoms with Gasteiger partial charge < -0.3 is 15.0 Å². The minimum atomic E-state index is -5.17. The maximum atomic E-state index is 14.6. The number of methoxy groups -OCH3 is 1. The summed E-state index contributed by atoms with van der Waals surface area (Å²) in [6.45, 7) is 0.895. The number of amides is 4. The molecule has 2 aromatic rings. The number of ether oxygens (including phenoxy) is 1. The van der Waals surface area contributed by atoms with E-state index in [-0.39, 0.29) is 28.8 Å². The summed E-state index contributed by atoms with van der Waals surface area (Å²) < 4.78 is 56.3. The number of carbonyl (C=O) groups is 3. The van der Waals surface area contributed by atoms with E-state index in [1.165, 1.54) is 17.6 Å². The van der Waals surface area contributed by atoms with Crippen molar-refractivity contribution in [1.29, 1.82) is 0 Å². The molecule has 2 aromatic carbocycles. The zero-order chi connectivity index (χ0) is 25.6. The van der Waals surface area contributed by atoms with Crippen LogP contribution in [0.25, 0.3) is 0 Å². The molecule has 188 valence electrons. The number of rotatable bonds is 5. The van der Waals surface area contributed by atoms with E-state index >= 15 is 0 Å². The predicted octanol–water partition coefficient (Wildman–Crippen LogP) is 3.35. The third-order valence-corrected chi connectivity index (χ3v) is 6.28. The lowest BCUT2D eigenvalue weighted by molar-refractivity contribution is -0.174. The lowest BCUT2D eigenvalue weighted by atomic mass is 10.1. The van der Waals surface area contributed by atoms with Crippen LogP contribution in [0.4, 0.5) is 28.0 Å². The van der Waals surface area contributed by atoms with E-state index in [2.05, 4.69) is 5.32 Å². The summed E-state index contributed by atoms with van der Waals surface area (Å²) in [5, 5.41) is 2.71. The van der Waals surface area contributed by atoms with E-state index in [4.69, 9.17) is 4.74 Å². The average molecular weight is 515 g/mol. The second kappa shape index (κ2) is 11.3. The molecule has 3 rings (SSSR count). The number of benzene rings is 2. The van der Waals surface area contributed by atoms with Crippen LogP contribution in [0.15, 0.2) is 42.5 Å². The molecule has 1 fully saturated rings. The summed E-state index contributed by atoms with van der Waals surface area (Å²) in [6.07, 6.45) is -4.89. The van der Waals surface area contributed by atoms with E-state index in [1.807, 2.05) is 0 Å². The van der Waals surface area contributed by atoms with Crippen LogP contribution < -0.4 is 20.9 Å². The first-order chi connectivity index (χ1) is 16.6. The second-order valence-corrected chi connectivity index (χ2v) is 8.92. The van der Waals surface area contributed by atoms with Crippen LogP contribution in [0.5, 0.6) is 5.75 Å². The van der Waals surface area contributed by atoms with Crippen LogP contribution in [0, 0.1) is 5.82 Å². The molecule has 0 spiro atoms. The number of hydrogen-bond donors (Lipinski definition) is 3. The molecule has 1 atom stereocenters. The van der Waals surface area contributed by atoms with Crippen molar-refractivity contribution in [3.8, 4) is 5.75 Å². The van der Waals surface area contributed by atoms with Crippen molar-refractivity contribution >= 4 is 35.3 Å². The first kappa shape index (κ1) is 26.1. The molecule has 1 heterocycles. The van der Waals surface area contributed by atoms with Crippen LogP contribution in [-0.4, -0.2) is 60.1 Å². The predicted molar refractivity (Wildman–Crippen MR) is 122 cm³/mol. The Morgan fingerprint density at radius 3 is 2.46 bits per heavy atom. The minimum Gasteiger partial charge on any atom is -0.497 e. The van der Waals surface area contributed by atoms with Gasteiger partial charge in [-0.15, -0.1) is 0 Å². The van der Waals surface area contributed by atoms with E-state index in [0.29, 0.717) is 30.3 Å². The molecule has 3 N–H and O–H groups in total. The van der Waals surface area contributed by atoms with Gasteiger partial charge in [-0.2, -0.15) is 24.9 Å². The number of nitrogens with zero attached hydrogens (tertiary/aromatic N) is 1. The summed E-state index contributed by atoms with van der Waals surface area (Å²) in [5.41, 5.74) is 3.45. The molecule has 1 aliphatic rings. The molecule has 0 aromatic heterocycles. The third-order valence-electron chi connectivity index (χ3n) is 5.08. The fourth-order valence-electron chi connectivity index (χ4n) is 3.26. The summed E-state index contributed by atoms with van der Waals surface area (Å²) in [6, 6.07) is 10.1. The molecule has 0 radical (unpaired) electrons. The highest BCUT2D eigenvalue weighted by atomic mass is 32.2. The third kappa shape index (κ3) is 7.25. The van der Waals surface area contributed by atoms with Crippen LogP contribution in [0.2, 0.25) is 0 Å². The number of hydrogen-bond acceptors (Lipinski definition) is 5. The Kier molecular flexibility index (Phi) is 8.43. The lowest BCUT2D eigenvalue weighted by Crippen LogP contribution is -2.47. The second-order valence-electron chi connectivity index (χ2n) is 7.51. The zero-order valence-electron chi connectivity index (χ0n) is 18.4. The number of thioether (sulfide) groups is 1. The van der Waals surface area contributed by atoms with Crippen LogP contribution in [0.1, 0.15) is 15.9 Å². The van der Waals surface area contributed by atoms with Gasteiger partial charge in [0, 0.05) is 35.3 Å². The highest BCUT2D eigenvalue weighted by Crippen LogP contribution is 2.25. The van der Waals surface area contributed by atoms with Gasteiger partial charge >= 0.3 is 18.1 Å². The van der Waals surface area contributed by atoms with Gasteiger partial charge in [0.1, 0.15) is 11.6 Å². The van der Waals surface area contributed by atoms with E-state index in [9.17, 15) is 31.9 Å². The fraction of sp³-hybridized carbons (Fsp3) is 0.318. The van der Waals surface area contributed by atoms with Crippen LogP contribution in [0.3, 0.4) is 0 Å². The maximum absolute atomic E-state index is 14.6. The van der Waals surface area contributed by atoms with Crippen LogP contribution >= 0.6 is 11.8 Å². The van der Waals surface area contributed by atoms with Gasteiger partial charge in [-0.3, -0.25) is 20.4 Å². The maximum Gasteiger partial charge on any atom is 0.472 e. The molecular weight excluding hydrogens is 492 g/mol. The Morgan fingerprint density at radius 1 is 1.11 bits per heavy atom. The van der Waals surface area contributed by atoms with Gasteiger partial charge in [-0.1, -0.05) is 6.07 Å². The highest BCUT2D eigenvalue weighted by Gasteiger charge is 2.39. The summed E-state index contributed by atoms with van der Waals surface area (Å²) >= 11 is 1.59. The van der Waals surface area contributed by atoms with Crippen molar-refractivity contribution in [2.75, 3.05) is 31.3 Å². The van der Waals surface area contributed by atoms with E-state index in [0.717, 1.165) is 6.07 Å². The van der Waals surface area contributed by atoms with Gasteiger partial charge in [0.25, 0.3) is 5.91 Å². The van der Waals surface area contributed by atoms with Gasteiger partial charge in [0.05, 0.1) is 7.11 Å². The van der Waals surface area contributed by atoms with E-state index < -0.39 is 23.8 Å². The van der Waals surface area contributed by atoms with Crippen molar-refractivity contribution < 1.29 is 36.7 Å². The number of nitrogens with one attached hydrogen (secondary N) is 3. The van der Waals surface area contributed by atoms with E-state index in [1.54, 1.807) is 53.5 Å². The molecule has 0 bridgehead atoms. The molecule has 1 saturated heterocycles. The molecule has 0 aliphatic carbocycles. The van der Waals surface area contributed by atoms with Crippen molar-refractivity contribution in [2.45, 2.75) is 17.8 Å². The summed E-state index contributed by atoms with van der Waals surface area (Å²) in [5.74, 6) is -2.85. The largest absolute Gasteiger partial charge is 0.497 e. The van der Waals surface area contributed by atoms with Gasteiger partial charge in [0.2, 0.25) is 0 Å². The monoisotopic (exact) mass is 514 g/mol. The van der Waals surface area contributed by atoms with Crippen molar-refractivity contribution in [1.82, 2.24) is 15.8 Å². The molecule has 8 nitrogen and oxygen atoms in total. The normalized spacial score (nSPS) is 15.8. The molecule has 0 saturated carbocycles. The first-order valence-corrected chi connectivity index (χ1v) is 11.4. The minimum absolute atomic E-state index is 0.106. The number of urea groups is 1. The zero-order valence-corrected chi connectivity index (χ0v) is 19.3. The standard InChI is InChI=1S/C22H22F4N4O4S/c1-34-16-6-4-15(5-7-16)27-21(33)30-8-9-35-17(12-30)10-13-2-3-14(11-18(13)23)19(31)28-29-20(32)22(24,25)26/h2-7,11,17H,8-10,12H2,1H3,(H,27,33)(H,28,31)(H,29,32). The Balaban J connectivity index is 1.55. The van der Waals surface area contributed by atoms with Crippen molar-refractivity contribution in [2.24, 2.45) is 0 Å². The van der Waals surface area contributed by atoms with Gasteiger partial charge in [-0.05, 0) is 48.4 Å². The summed E-state index contributed by atoms with van der Waals surface area (Å²) in [7, 11) is 1.54. The molecule has 13 heteroatoms. The SMILES string of the molecule is COc1ccc(NC(=O)N2CCSC(Cc3ccc(C(=O)NNC(=O)C(F)(F)F)cc3F)C2)cc1.